The van der Waals surface area contributed by atoms with Gasteiger partial charge < -0.3 is 20.4 Å². The van der Waals surface area contributed by atoms with Gasteiger partial charge in [0.2, 0.25) is 22.1 Å². The highest BCUT2D eigenvalue weighted by atomic mass is 32.1. The Morgan fingerprint density at radius 1 is 0.705 bits per heavy atom. The van der Waals surface area contributed by atoms with Gasteiger partial charge in [-0.05, 0) is 56.4 Å². The first-order valence-corrected chi connectivity index (χ1v) is 16.9. The number of anilines is 4. The Labute approximate surface area is 263 Å². The maximum Gasteiger partial charge on any atom is 0.232 e. The number of rotatable bonds is 10. The van der Waals surface area contributed by atoms with Crippen LogP contribution in [0.25, 0.3) is 0 Å². The molecule has 2 aliphatic heterocycles. The maximum absolute atomic E-state index is 12.7. The monoisotopic (exact) mass is 630 g/mol. The van der Waals surface area contributed by atoms with E-state index in [-0.39, 0.29) is 36.5 Å². The van der Waals surface area contributed by atoms with Crippen LogP contribution in [0.1, 0.15) is 71.8 Å². The van der Waals surface area contributed by atoms with Gasteiger partial charge in [-0.3, -0.25) is 19.6 Å². The number of amides is 2. The minimum absolute atomic E-state index is 0.148. The Kier molecular flexibility index (Phi) is 8.42. The van der Waals surface area contributed by atoms with Crippen molar-refractivity contribution in [3.05, 3.63) is 58.1 Å². The van der Waals surface area contributed by atoms with Crippen molar-refractivity contribution in [2.75, 3.05) is 46.6 Å². The van der Waals surface area contributed by atoms with Crippen molar-refractivity contribution in [3.63, 3.8) is 0 Å². The van der Waals surface area contributed by atoms with Crippen molar-refractivity contribution in [1.82, 2.24) is 30.4 Å². The van der Waals surface area contributed by atoms with Crippen molar-refractivity contribution in [2.24, 2.45) is 0 Å². The van der Waals surface area contributed by atoms with E-state index in [2.05, 4.69) is 50.8 Å². The third-order valence-corrected chi connectivity index (χ3v) is 10.5. The highest BCUT2D eigenvalue weighted by molar-refractivity contribution is 7.15. The van der Waals surface area contributed by atoms with Crippen LogP contribution in [0.2, 0.25) is 0 Å². The van der Waals surface area contributed by atoms with E-state index in [0.29, 0.717) is 10.3 Å². The van der Waals surface area contributed by atoms with E-state index in [1.165, 1.54) is 35.5 Å². The summed E-state index contributed by atoms with van der Waals surface area (Å²) in [6.45, 7) is 4.20. The zero-order chi connectivity index (χ0) is 29.9. The van der Waals surface area contributed by atoms with E-state index >= 15 is 0 Å². The summed E-state index contributed by atoms with van der Waals surface area (Å²) < 4.78 is 0. The molecule has 7 rings (SSSR count). The predicted octanol–water partition coefficient (Wildman–Crippen LogP) is 4.40. The van der Waals surface area contributed by atoms with Crippen LogP contribution >= 0.6 is 22.7 Å². The van der Waals surface area contributed by atoms with Crippen LogP contribution in [0.3, 0.4) is 0 Å². The average Bonchev–Trinajstić information content (AvgIpc) is 3.62. The second kappa shape index (κ2) is 12.9. The summed E-state index contributed by atoms with van der Waals surface area (Å²) in [4.78, 5) is 38.8. The molecule has 44 heavy (non-hydrogen) atoms. The van der Waals surface area contributed by atoms with E-state index in [1.54, 1.807) is 12.4 Å². The molecule has 4 aromatic heterocycles. The van der Waals surface area contributed by atoms with E-state index in [1.807, 2.05) is 24.3 Å². The van der Waals surface area contributed by atoms with Crippen molar-refractivity contribution in [2.45, 2.75) is 63.2 Å². The summed E-state index contributed by atoms with van der Waals surface area (Å²) in [6.07, 6.45) is 10.3. The van der Waals surface area contributed by atoms with Gasteiger partial charge in [0.25, 0.3) is 0 Å². The molecule has 0 bridgehead atoms. The van der Waals surface area contributed by atoms with Gasteiger partial charge in [0.15, 0.2) is 0 Å². The van der Waals surface area contributed by atoms with Crippen molar-refractivity contribution >= 4 is 56.1 Å². The highest BCUT2D eigenvalue weighted by Gasteiger charge is 2.29. The number of carbonyl (C=O) groups excluding carboxylic acids is 2. The molecular weight excluding hydrogens is 597 g/mol. The molecular formula is C30H34N10O2S2. The van der Waals surface area contributed by atoms with E-state index in [4.69, 9.17) is 0 Å². The molecule has 4 aromatic rings. The minimum Gasteiger partial charge on any atom is -0.371 e. The first-order valence-electron chi connectivity index (χ1n) is 15.2. The SMILES string of the molecule is O=C(Cc1cc(N2CCC2)ccn1)Nc1nnc(C2CCCC(c3nnc(NC(=O)Cc4cc(N5CCC5)ccn4)s3)C2)s1. The van der Waals surface area contributed by atoms with Gasteiger partial charge in [-0.1, -0.05) is 29.1 Å². The molecule has 2 atom stereocenters. The van der Waals surface area contributed by atoms with Crippen LogP contribution in [-0.4, -0.2) is 68.4 Å². The largest absolute Gasteiger partial charge is 0.371 e. The number of carbonyl (C=O) groups is 2. The molecule has 6 heterocycles. The van der Waals surface area contributed by atoms with E-state index < -0.39 is 0 Å². The summed E-state index contributed by atoms with van der Waals surface area (Å²) in [5.41, 5.74) is 3.72. The number of aromatic nitrogens is 6. The summed E-state index contributed by atoms with van der Waals surface area (Å²) in [5, 5.41) is 26.1. The highest BCUT2D eigenvalue weighted by Crippen LogP contribution is 2.43. The average molecular weight is 631 g/mol. The Morgan fingerprint density at radius 2 is 1.18 bits per heavy atom. The van der Waals surface area contributed by atoms with Gasteiger partial charge in [-0.2, -0.15) is 0 Å². The lowest BCUT2D eigenvalue weighted by Crippen LogP contribution is -2.37. The molecule has 12 nitrogen and oxygen atoms in total. The molecule has 2 N–H and O–H groups in total. The zero-order valence-corrected chi connectivity index (χ0v) is 25.9. The fraction of sp³-hybridized carbons (Fsp3) is 0.467. The van der Waals surface area contributed by atoms with Crippen molar-refractivity contribution < 1.29 is 9.59 Å². The molecule has 2 unspecified atom stereocenters. The van der Waals surface area contributed by atoms with E-state index in [0.717, 1.165) is 84.6 Å². The normalized spacial score (nSPS) is 19.6. The van der Waals surface area contributed by atoms with Crippen molar-refractivity contribution in [3.8, 4) is 0 Å². The fourth-order valence-corrected chi connectivity index (χ4v) is 7.67. The summed E-state index contributed by atoms with van der Waals surface area (Å²) in [6, 6.07) is 7.95. The Morgan fingerprint density at radius 3 is 1.61 bits per heavy atom. The Bertz CT molecular complexity index is 1520. The van der Waals surface area contributed by atoms with Gasteiger partial charge in [-0.25, -0.2) is 0 Å². The third kappa shape index (κ3) is 6.70. The van der Waals surface area contributed by atoms with Crippen molar-refractivity contribution in [1.29, 1.82) is 0 Å². The van der Waals surface area contributed by atoms with E-state index in [9.17, 15) is 9.59 Å². The van der Waals surface area contributed by atoms with Crippen LogP contribution < -0.4 is 20.4 Å². The summed E-state index contributed by atoms with van der Waals surface area (Å²) >= 11 is 2.87. The lowest BCUT2D eigenvalue weighted by Gasteiger charge is -2.33. The molecule has 0 radical (unpaired) electrons. The third-order valence-electron chi connectivity index (χ3n) is 8.47. The molecule has 3 aliphatic rings. The molecule has 0 spiro atoms. The quantitative estimate of drug-likeness (QED) is 0.259. The number of nitrogens with one attached hydrogen (secondary N) is 2. The summed E-state index contributed by atoms with van der Waals surface area (Å²) in [5.74, 6) is 0.174. The lowest BCUT2D eigenvalue weighted by molar-refractivity contribution is -0.116. The molecule has 3 fully saturated rings. The number of hydrogen-bond acceptors (Lipinski definition) is 12. The number of nitrogens with zero attached hydrogens (tertiary/aromatic N) is 8. The molecule has 1 aliphatic carbocycles. The number of pyridine rings is 2. The Hall–Kier alpha value is -4.04. The zero-order valence-electron chi connectivity index (χ0n) is 24.3. The first kappa shape index (κ1) is 28.7. The topological polar surface area (TPSA) is 142 Å². The van der Waals surface area contributed by atoms with Crippen LogP contribution in [0.15, 0.2) is 36.7 Å². The minimum atomic E-state index is -0.148. The number of hydrogen-bond donors (Lipinski definition) is 2. The smallest absolute Gasteiger partial charge is 0.232 e. The fourth-order valence-electron chi connectivity index (χ4n) is 5.86. The predicted molar refractivity (Wildman–Crippen MR) is 171 cm³/mol. The molecule has 1 saturated carbocycles. The molecule has 2 amide bonds. The first-order chi connectivity index (χ1) is 21.6. The van der Waals surface area contributed by atoms with Gasteiger partial charge in [0, 0.05) is 61.8 Å². The Balaban J connectivity index is 0.913. The van der Waals surface area contributed by atoms with Crippen LogP contribution in [0.5, 0.6) is 0 Å². The second-order valence-corrected chi connectivity index (χ2v) is 13.6. The van der Waals surface area contributed by atoms with Gasteiger partial charge in [-0.15, -0.1) is 20.4 Å². The standard InChI is InChI=1S/C30H34N10O2S2/c41-25(17-21-15-23(6-8-31-21)39-10-2-11-39)33-29-37-35-27(43-29)19-4-1-5-20(14-19)28-36-38-30(44-28)34-26(42)18-22-16-24(7-9-32-22)40-12-3-13-40/h6-9,15-16,19-20H,1-5,10-14,17-18H2,(H,33,37,41)(H,34,38,42). The molecule has 14 heteroatoms. The second-order valence-electron chi connectivity index (χ2n) is 11.6. The van der Waals surface area contributed by atoms with Crippen LogP contribution in [-0.2, 0) is 22.4 Å². The summed E-state index contributed by atoms with van der Waals surface area (Å²) in [7, 11) is 0. The molecule has 228 valence electrons. The maximum atomic E-state index is 12.7. The molecule has 0 aromatic carbocycles. The lowest BCUT2D eigenvalue weighted by atomic mass is 9.82. The van der Waals surface area contributed by atoms with Gasteiger partial charge in [0.05, 0.1) is 24.2 Å². The molecule has 2 saturated heterocycles. The van der Waals surface area contributed by atoms with Crippen LogP contribution in [0, 0.1) is 0 Å². The van der Waals surface area contributed by atoms with Crippen LogP contribution in [0.4, 0.5) is 21.6 Å². The van der Waals surface area contributed by atoms with Gasteiger partial charge in [0.1, 0.15) is 10.0 Å². The van der Waals surface area contributed by atoms with Gasteiger partial charge >= 0.3 is 0 Å².